The lowest BCUT2D eigenvalue weighted by Crippen LogP contribution is -2.22. The zero-order chi connectivity index (χ0) is 16.2. The Hall–Kier alpha value is -1.93. The van der Waals surface area contributed by atoms with E-state index in [9.17, 15) is 13.2 Å². The van der Waals surface area contributed by atoms with E-state index in [-0.39, 0.29) is 24.0 Å². The normalized spacial score (nSPS) is 11.4. The van der Waals surface area contributed by atoms with Gasteiger partial charge in [0.05, 0.1) is 5.75 Å². The second-order valence-corrected chi connectivity index (χ2v) is 6.89. The third-order valence-electron chi connectivity index (χ3n) is 2.67. The molecule has 1 aromatic heterocycles. The average Bonchev–Trinajstić information content (AvgIpc) is 2.87. The average molecular weight is 344 g/mol. The first kappa shape index (κ1) is 16.4. The molecule has 2 rings (SSSR count). The first-order valence-corrected chi connectivity index (χ1v) is 8.44. The van der Waals surface area contributed by atoms with Gasteiger partial charge in [0.25, 0.3) is 0 Å². The number of amides is 1. The predicted molar refractivity (Wildman–Crippen MR) is 79.0 cm³/mol. The van der Waals surface area contributed by atoms with Gasteiger partial charge in [-0.05, 0) is 17.7 Å². The van der Waals surface area contributed by atoms with Gasteiger partial charge < -0.3 is 9.73 Å². The summed E-state index contributed by atoms with van der Waals surface area (Å²) < 4.78 is 29.5. The van der Waals surface area contributed by atoms with E-state index >= 15 is 0 Å². The van der Waals surface area contributed by atoms with Gasteiger partial charge in [-0.15, -0.1) is 5.10 Å². The van der Waals surface area contributed by atoms with E-state index in [0.717, 1.165) is 0 Å². The molecule has 1 N–H and O–H groups in total. The second-order valence-electron chi connectivity index (χ2n) is 4.58. The van der Waals surface area contributed by atoms with Crippen molar-refractivity contribution in [3.05, 3.63) is 40.7 Å². The topological polar surface area (TPSA) is 102 Å². The molecule has 22 heavy (non-hydrogen) atoms. The molecule has 2 aromatic rings. The van der Waals surface area contributed by atoms with Crippen LogP contribution in [0.25, 0.3) is 0 Å². The van der Waals surface area contributed by atoms with Crippen molar-refractivity contribution in [2.75, 3.05) is 6.54 Å². The van der Waals surface area contributed by atoms with Gasteiger partial charge in [0, 0.05) is 24.9 Å². The van der Waals surface area contributed by atoms with Gasteiger partial charge in [-0.1, -0.05) is 28.8 Å². The van der Waals surface area contributed by atoms with E-state index in [4.69, 9.17) is 16.0 Å². The molecule has 1 aromatic carbocycles. The number of halogens is 1. The van der Waals surface area contributed by atoms with Crippen molar-refractivity contribution in [1.29, 1.82) is 0 Å². The van der Waals surface area contributed by atoms with Crippen LogP contribution in [0.3, 0.4) is 0 Å². The molecule has 7 nitrogen and oxygen atoms in total. The second kappa shape index (κ2) is 6.89. The van der Waals surface area contributed by atoms with Crippen LogP contribution in [0, 0.1) is 0 Å². The highest BCUT2D eigenvalue weighted by Gasteiger charge is 2.23. The summed E-state index contributed by atoms with van der Waals surface area (Å²) in [6.07, 6.45) is 0.263. The lowest BCUT2D eigenvalue weighted by Gasteiger charge is -2.01. The quantitative estimate of drug-likeness (QED) is 0.850. The molecule has 1 amide bonds. The molecule has 118 valence electrons. The van der Waals surface area contributed by atoms with Crippen LogP contribution in [-0.2, 0) is 26.8 Å². The number of hydrogen-bond donors (Lipinski definition) is 1. The maximum absolute atomic E-state index is 12.2. The van der Waals surface area contributed by atoms with E-state index in [2.05, 4.69) is 15.5 Å². The van der Waals surface area contributed by atoms with Gasteiger partial charge in [0.2, 0.25) is 21.6 Å². The molecule has 0 aliphatic rings. The van der Waals surface area contributed by atoms with Crippen molar-refractivity contribution < 1.29 is 17.6 Å². The Morgan fingerprint density at radius 1 is 1.36 bits per heavy atom. The molecular weight excluding hydrogens is 330 g/mol. The minimum atomic E-state index is -3.74. The van der Waals surface area contributed by atoms with Crippen LogP contribution >= 0.6 is 11.6 Å². The van der Waals surface area contributed by atoms with Gasteiger partial charge in [0.15, 0.2) is 0 Å². The zero-order valence-corrected chi connectivity index (χ0v) is 13.3. The Morgan fingerprint density at radius 3 is 2.82 bits per heavy atom. The lowest BCUT2D eigenvalue weighted by molar-refractivity contribution is -0.118. The van der Waals surface area contributed by atoms with Gasteiger partial charge in [-0.2, -0.15) is 0 Å². The van der Waals surface area contributed by atoms with Crippen LogP contribution in [0.4, 0.5) is 0 Å². The van der Waals surface area contributed by atoms with Gasteiger partial charge in [-0.3, -0.25) is 4.79 Å². The maximum Gasteiger partial charge on any atom is 0.335 e. The number of carbonyl (C=O) groups is 1. The van der Waals surface area contributed by atoms with Crippen LogP contribution in [0.1, 0.15) is 18.4 Å². The Morgan fingerprint density at radius 2 is 2.14 bits per heavy atom. The Balaban J connectivity index is 2.06. The minimum Gasteiger partial charge on any atom is -0.412 e. The first-order chi connectivity index (χ1) is 10.4. The predicted octanol–water partition coefficient (Wildman–Crippen LogP) is 1.38. The summed E-state index contributed by atoms with van der Waals surface area (Å²) in [5.41, 5.74) is 0.533. The Labute approximate surface area is 132 Å². The highest BCUT2D eigenvalue weighted by Crippen LogP contribution is 2.18. The molecule has 0 radical (unpaired) electrons. The molecule has 0 saturated carbocycles. The van der Waals surface area contributed by atoms with E-state index in [1.54, 1.807) is 24.3 Å². The summed E-state index contributed by atoms with van der Waals surface area (Å²) in [6.45, 7) is 1.68. The largest absolute Gasteiger partial charge is 0.412 e. The zero-order valence-electron chi connectivity index (χ0n) is 11.7. The van der Waals surface area contributed by atoms with E-state index in [1.807, 2.05) is 0 Å². The summed E-state index contributed by atoms with van der Waals surface area (Å²) in [7, 11) is -3.74. The standard InChI is InChI=1S/C13H14ClN3O4S/c1-9(18)15-6-5-12-16-17-13(21-12)22(19,20)8-10-3-2-4-11(14)7-10/h2-4,7H,5-6,8H2,1H3,(H,15,18). The minimum absolute atomic E-state index is 0.151. The number of rotatable bonds is 6. The fraction of sp³-hybridized carbons (Fsp3) is 0.308. The van der Waals surface area contributed by atoms with Crippen LogP contribution in [0.15, 0.2) is 33.9 Å². The van der Waals surface area contributed by atoms with Crippen molar-refractivity contribution in [3.8, 4) is 0 Å². The highest BCUT2D eigenvalue weighted by molar-refractivity contribution is 7.90. The number of hydrogen-bond acceptors (Lipinski definition) is 6. The summed E-state index contributed by atoms with van der Waals surface area (Å²) in [5.74, 6) is -0.312. The van der Waals surface area contributed by atoms with E-state index in [0.29, 0.717) is 17.1 Å². The number of benzene rings is 1. The molecule has 9 heteroatoms. The first-order valence-electron chi connectivity index (χ1n) is 6.41. The fourth-order valence-electron chi connectivity index (χ4n) is 1.72. The van der Waals surface area contributed by atoms with Crippen molar-refractivity contribution in [2.45, 2.75) is 24.3 Å². The number of sulfone groups is 1. The van der Waals surface area contributed by atoms with Crippen molar-refractivity contribution in [2.24, 2.45) is 0 Å². The van der Waals surface area contributed by atoms with Crippen LogP contribution in [0.5, 0.6) is 0 Å². The fourth-order valence-corrected chi connectivity index (χ4v) is 3.06. The van der Waals surface area contributed by atoms with Crippen molar-refractivity contribution in [1.82, 2.24) is 15.5 Å². The Bertz CT molecular complexity index is 773. The third kappa shape index (κ3) is 4.54. The van der Waals surface area contributed by atoms with Crippen molar-refractivity contribution in [3.63, 3.8) is 0 Å². The lowest BCUT2D eigenvalue weighted by atomic mass is 10.2. The molecular formula is C13H14ClN3O4S. The smallest absolute Gasteiger partial charge is 0.335 e. The van der Waals surface area contributed by atoms with Crippen LogP contribution in [-0.4, -0.2) is 31.1 Å². The molecule has 0 atom stereocenters. The number of nitrogens with zero attached hydrogens (tertiary/aromatic N) is 2. The molecule has 0 aliphatic heterocycles. The van der Waals surface area contributed by atoms with Crippen molar-refractivity contribution >= 4 is 27.3 Å². The summed E-state index contributed by atoms with van der Waals surface area (Å²) in [6, 6.07) is 6.54. The molecule has 0 aliphatic carbocycles. The number of carbonyl (C=O) groups excluding carboxylic acids is 1. The van der Waals surface area contributed by atoms with E-state index in [1.165, 1.54) is 6.92 Å². The third-order valence-corrected chi connectivity index (χ3v) is 4.32. The molecule has 1 heterocycles. The SMILES string of the molecule is CC(=O)NCCc1nnc(S(=O)(=O)Cc2cccc(Cl)c2)o1. The van der Waals surface area contributed by atoms with Crippen LogP contribution < -0.4 is 5.32 Å². The number of aromatic nitrogens is 2. The maximum atomic E-state index is 12.2. The van der Waals surface area contributed by atoms with Gasteiger partial charge >= 0.3 is 5.22 Å². The number of nitrogens with one attached hydrogen (secondary N) is 1. The van der Waals surface area contributed by atoms with Gasteiger partial charge in [-0.25, -0.2) is 8.42 Å². The van der Waals surface area contributed by atoms with E-state index < -0.39 is 15.1 Å². The molecule has 0 saturated heterocycles. The summed E-state index contributed by atoms with van der Waals surface area (Å²) >= 11 is 5.83. The summed E-state index contributed by atoms with van der Waals surface area (Å²) in [5, 5.41) is 9.79. The molecule has 0 bridgehead atoms. The molecule has 0 unspecified atom stereocenters. The Kier molecular flexibility index (Phi) is 5.15. The van der Waals surface area contributed by atoms with Crippen LogP contribution in [0.2, 0.25) is 5.02 Å². The van der Waals surface area contributed by atoms with Gasteiger partial charge in [0.1, 0.15) is 0 Å². The monoisotopic (exact) mass is 343 g/mol. The highest BCUT2D eigenvalue weighted by atomic mass is 35.5. The summed E-state index contributed by atoms with van der Waals surface area (Å²) in [4.78, 5) is 10.7. The molecule has 0 fully saturated rings. The molecule has 0 spiro atoms.